The van der Waals surface area contributed by atoms with Crippen LogP contribution in [0, 0.1) is 5.92 Å². The lowest BCUT2D eigenvalue weighted by molar-refractivity contribution is 0.0284. The number of likely N-dealkylation sites (tertiary alicyclic amines) is 2. The summed E-state index contributed by atoms with van der Waals surface area (Å²) in [6.45, 7) is 17.8. The largest absolute Gasteiger partial charge is 0.444 e. The third kappa shape index (κ3) is 7.86. The second-order valence-corrected chi connectivity index (χ2v) is 14.8. The Bertz CT molecular complexity index is 1860. The smallest absolute Gasteiger partial charge is 0.410 e. The maximum Gasteiger partial charge on any atom is 0.410 e. The average Bonchev–Trinajstić information content (AvgIpc) is 3.63. The number of hydrogen-bond acceptors (Lipinski definition) is 9. The summed E-state index contributed by atoms with van der Waals surface area (Å²) in [5, 5.41) is 14.2. The molecule has 1 amide bonds. The van der Waals surface area contributed by atoms with E-state index < -0.39 is 11.2 Å². The SMILES string of the molecule is C=CCn1c(=O)c2cnc(Nc3ccc(C4CCN(C[C@H]5CCN(C(=O)OC(C)(C)C)C5)CC4)cc3)nc2n1-c1cccc(C(C)(C)O)n1. The summed E-state index contributed by atoms with van der Waals surface area (Å²) in [6, 6.07) is 13.7. The van der Waals surface area contributed by atoms with Crippen molar-refractivity contribution in [3.63, 3.8) is 0 Å². The van der Waals surface area contributed by atoms with Gasteiger partial charge in [0, 0.05) is 31.5 Å². The van der Waals surface area contributed by atoms with Gasteiger partial charge in [-0.1, -0.05) is 24.3 Å². The van der Waals surface area contributed by atoms with Gasteiger partial charge in [-0.25, -0.2) is 24.1 Å². The molecule has 2 saturated heterocycles. The Morgan fingerprint density at radius 3 is 2.45 bits per heavy atom. The van der Waals surface area contributed by atoms with Crippen LogP contribution in [0.3, 0.4) is 0 Å². The molecule has 1 atom stereocenters. The van der Waals surface area contributed by atoms with Crippen LogP contribution in [-0.2, 0) is 16.9 Å². The van der Waals surface area contributed by atoms with Crippen molar-refractivity contribution in [1.82, 2.24) is 34.1 Å². The van der Waals surface area contributed by atoms with Gasteiger partial charge >= 0.3 is 6.09 Å². The first-order chi connectivity index (χ1) is 23.3. The highest BCUT2D eigenvalue weighted by atomic mass is 16.6. The van der Waals surface area contributed by atoms with Gasteiger partial charge in [0.25, 0.3) is 5.56 Å². The van der Waals surface area contributed by atoms with Crippen LogP contribution in [0.25, 0.3) is 16.9 Å². The van der Waals surface area contributed by atoms with Crippen LogP contribution in [0.2, 0.25) is 0 Å². The first-order valence-electron chi connectivity index (χ1n) is 17.2. The molecule has 12 nitrogen and oxygen atoms in total. The van der Waals surface area contributed by atoms with Crippen LogP contribution in [-0.4, -0.2) is 83.6 Å². The van der Waals surface area contributed by atoms with Crippen LogP contribution in [0.15, 0.2) is 66.1 Å². The fourth-order valence-electron chi connectivity index (χ4n) is 6.75. The second-order valence-electron chi connectivity index (χ2n) is 14.8. The molecule has 0 aliphatic carbocycles. The zero-order valence-corrected chi connectivity index (χ0v) is 29.2. The number of anilines is 2. The Hall–Kier alpha value is -4.55. The van der Waals surface area contributed by atoms with E-state index in [0.717, 1.165) is 57.7 Å². The van der Waals surface area contributed by atoms with Crippen molar-refractivity contribution in [2.24, 2.45) is 5.92 Å². The molecule has 2 aliphatic heterocycles. The number of aliphatic hydroxyl groups is 1. The number of carbonyl (C=O) groups is 1. The molecule has 0 bridgehead atoms. The molecule has 2 fully saturated rings. The van der Waals surface area contributed by atoms with Gasteiger partial charge in [-0.3, -0.25) is 4.79 Å². The number of fused-ring (bicyclic) bond motifs is 1. The zero-order chi connectivity index (χ0) is 34.9. The molecule has 49 heavy (non-hydrogen) atoms. The summed E-state index contributed by atoms with van der Waals surface area (Å²) in [7, 11) is 0. The highest BCUT2D eigenvalue weighted by Crippen LogP contribution is 2.31. The molecule has 0 saturated carbocycles. The van der Waals surface area contributed by atoms with E-state index in [1.165, 1.54) is 16.4 Å². The van der Waals surface area contributed by atoms with Gasteiger partial charge in [-0.2, -0.15) is 4.98 Å². The fourth-order valence-corrected chi connectivity index (χ4v) is 6.75. The number of benzene rings is 1. The number of ether oxygens (including phenoxy) is 1. The summed E-state index contributed by atoms with van der Waals surface area (Å²) in [4.78, 5) is 44.0. The molecule has 2 N–H and O–H groups in total. The van der Waals surface area contributed by atoms with E-state index in [-0.39, 0.29) is 18.2 Å². The summed E-state index contributed by atoms with van der Waals surface area (Å²) in [6.07, 6.45) is 6.19. The van der Waals surface area contributed by atoms with Gasteiger partial charge in [0.15, 0.2) is 11.5 Å². The zero-order valence-electron chi connectivity index (χ0n) is 29.2. The Balaban J connectivity index is 1.10. The van der Waals surface area contributed by atoms with Crippen molar-refractivity contribution in [2.45, 2.75) is 77.5 Å². The molecule has 0 radical (unpaired) electrons. The third-order valence-corrected chi connectivity index (χ3v) is 9.24. The minimum absolute atomic E-state index is 0.201. The maximum atomic E-state index is 13.3. The van der Waals surface area contributed by atoms with E-state index >= 15 is 0 Å². The molecular formula is C37H48N8O4. The molecule has 3 aromatic heterocycles. The monoisotopic (exact) mass is 668 g/mol. The number of carbonyl (C=O) groups excluding carboxylic acids is 1. The predicted molar refractivity (Wildman–Crippen MR) is 190 cm³/mol. The van der Waals surface area contributed by atoms with Gasteiger partial charge in [0.2, 0.25) is 5.95 Å². The second kappa shape index (κ2) is 13.8. The van der Waals surface area contributed by atoms with E-state index in [1.54, 1.807) is 42.8 Å². The molecule has 0 unspecified atom stereocenters. The van der Waals surface area contributed by atoms with Gasteiger partial charge in [0.05, 0.1) is 12.2 Å². The molecule has 0 spiro atoms. The lowest BCUT2D eigenvalue weighted by Crippen LogP contribution is -2.39. The number of piperidine rings is 1. The highest BCUT2D eigenvalue weighted by Gasteiger charge is 2.32. The average molecular weight is 669 g/mol. The maximum absolute atomic E-state index is 13.3. The first-order valence-corrected chi connectivity index (χ1v) is 17.2. The van der Waals surface area contributed by atoms with Crippen LogP contribution in [0.5, 0.6) is 0 Å². The van der Waals surface area contributed by atoms with Crippen LogP contribution in [0.1, 0.15) is 71.1 Å². The molecule has 6 rings (SSSR count). The molecule has 1 aromatic carbocycles. The third-order valence-electron chi connectivity index (χ3n) is 9.24. The molecule has 4 aromatic rings. The molecule has 2 aliphatic rings. The van der Waals surface area contributed by atoms with Gasteiger partial charge in [0.1, 0.15) is 16.6 Å². The predicted octanol–water partition coefficient (Wildman–Crippen LogP) is 5.57. The lowest BCUT2D eigenvalue weighted by Gasteiger charge is -2.33. The van der Waals surface area contributed by atoms with E-state index in [9.17, 15) is 14.7 Å². The number of aromatic nitrogens is 5. The number of nitrogens with zero attached hydrogens (tertiary/aromatic N) is 7. The van der Waals surface area contributed by atoms with E-state index in [0.29, 0.717) is 40.3 Å². The summed E-state index contributed by atoms with van der Waals surface area (Å²) in [5.74, 6) is 1.79. The quantitative estimate of drug-likeness (QED) is 0.220. The number of pyridine rings is 1. The van der Waals surface area contributed by atoms with Crippen LogP contribution < -0.4 is 10.9 Å². The van der Waals surface area contributed by atoms with E-state index in [1.807, 2.05) is 37.8 Å². The van der Waals surface area contributed by atoms with Gasteiger partial charge < -0.3 is 25.0 Å². The van der Waals surface area contributed by atoms with Crippen molar-refractivity contribution in [1.29, 1.82) is 0 Å². The lowest BCUT2D eigenvalue weighted by atomic mass is 9.89. The van der Waals surface area contributed by atoms with Crippen molar-refractivity contribution < 1.29 is 14.6 Å². The summed E-state index contributed by atoms with van der Waals surface area (Å²) >= 11 is 0. The molecule has 5 heterocycles. The van der Waals surface area contributed by atoms with E-state index in [2.05, 4.69) is 38.9 Å². The van der Waals surface area contributed by atoms with Crippen molar-refractivity contribution >= 4 is 28.8 Å². The number of amides is 1. The number of allylic oxidation sites excluding steroid dienone is 1. The Kier molecular flexibility index (Phi) is 9.63. The molecular weight excluding hydrogens is 620 g/mol. The highest BCUT2D eigenvalue weighted by molar-refractivity contribution is 5.77. The first kappa shape index (κ1) is 34.3. The number of rotatable bonds is 9. The van der Waals surface area contributed by atoms with Gasteiger partial charge in [-0.15, -0.1) is 6.58 Å². The van der Waals surface area contributed by atoms with Crippen LogP contribution >= 0.6 is 0 Å². The molecule has 260 valence electrons. The van der Waals surface area contributed by atoms with Crippen LogP contribution in [0.4, 0.5) is 16.4 Å². The fraction of sp³-hybridized carbons (Fsp3) is 0.486. The minimum Gasteiger partial charge on any atom is -0.444 e. The standard InChI is InChI=1S/C37H48N8O4/c1-7-18-44-33(46)29-22-38-34(41-32(29)45(44)31-10-8-9-30(40-31)37(5,6)48)39-28-13-11-26(12-14-28)27-16-19-42(20-17-27)23-25-15-21-43(24-25)35(47)49-36(2,3)4/h7-14,22,25,27,48H,1,15-21,23-24H2,2-6H3,(H,38,39,41)/t25-/m1/s1. The number of nitrogens with one attached hydrogen (secondary N) is 1. The normalized spacial score (nSPS) is 17.8. The summed E-state index contributed by atoms with van der Waals surface area (Å²) < 4.78 is 8.73. The Morgan fingerprint density at radius 1 is 1.04 bits per heavy atom. The molecule has 12 heteroatoms. The van der Waals surface area contributed by atoms with Crippen molar-refractivity contribution in [3.05, 3.63) is 82.9 Å². The van der Waals surface area contributed by atoms with Crippen molar-refractivity contribution in [3.8, 4) is 5.82 Å². The van der Waals surface area contributed by atoms with Crippen molar-refractivity contribution in [2.75, 3.05) is 38.0 Å². The topological polar surface area (TPSA) is 131 Å². The van der Waals surface area contributed by atoms with Gasteiger partial charge in [-0.05, 0) is 109 Å². The Labute approximate surface area is 287 Å². The minimum atomic E-state index is -1.16. The summed E-state index contributed by atoms with van der Waals surface area (Å²) in [5.41, 5.74) is 1.16. The Morgan fingerprint density at radius 2 is 1.78 bits per heavy atom. The number of hydrogen-bond donors (Lipinski definition) is 2. The van der Waals surface area contributed by atoms with E-state index in [4.69, 9.17) is 9.72 Å².